The Morgan fingerprint density at radius 3 is 2.48 bits per heavy atom. The Morgan fingerprint density at radius 1 is 1.28 bits per heavy atom. The molecule has 1 unspecified atom stereocenters. The van der Waals surface area contributed by atoms with Crippen molar-refractivity contribution in [2.45, 2.75) is 25.7 Å². The number of amides is 1. The topological polar surface area (TPSA) is 104 Å². The average molecular weight is 356 g/mol. The summed E-state index contributed by atoms with van der Waals surface area (Å²) in [6.07, 6.45) is -2.58. The molecule has 2 aromatic heterocycles. The lowest BCUT2D eigenvalue weighted by molar-refractivity contribution is -0.115. The second-order valence-electron chi connectivity index (χ2n) is 5.07. The first kappa shape index (κ1) is 18.4. The molecule has 25 heavy (non-hydrogen) atoms. The van der Waals surface area contributed by atoms with Crippen molar-refractivity contribution in [1.82, 2.24) is 25.1 Å². The predicted molar refractivity (Wildman–Crippen MR) is 80.6 cm³/mol. The van der Waals surface area contributed by atoms with Gasteiger partial charge in [-0.25, -0.2) is 14.8 Å². The summed E-state index contributed by atoms with van der Waals surface area (Å²) >= 11 is 0. The molecule has 1 atom stereocenters. The minimum atomic E-state index is -4.37. The minimum Gasteiger partial charge on any atom is -0.465 e. The van der Waals surface area contributed by atoms with Crippen LogP contribution in [0.4, 0.5) is 23.8 Å². The van der Waals surface area contributed by atoms with Crippen LogP contribution in [0.5, 0.6) is 0 Å². The lowest BCUT2D eigenvalue weighted by Crippen LogP contribution is -2.33. The number of rotatable bonds is 6. The second-order valence-corrected chi connectivity index (χ2v) is 5.07. The monoisotopic (exact) mass is 356 g/mol. The fourth-order valence-corrected chi connectivity index (χ4v) is 1.94. The summed E-state index contributed by atoms with van der Waals surface area (Å²) in [6, 6.07) is 3.68. The van der Waals surface area contributed by atoms with E-state index in [-0.39, 0.29) is 18.1 Å². The van der Waals surface area contributed by atoms with Gasteiger partial charge < -0.3 is 10.4 Å². The van der Waals surface area contributed by atoms with Crippen molar-refractivity contribution in [3.05, 3.63) is 42.1 Å². The van der Waals surface area contributed by atoms with Crippen molar-refractivity contribution in [2.24, 2.45) is 0 Å². The molecular weight excluding hydrogens is 341 g/mol. The quantitative estimate of drug-likeness (QED) is 0.819. The van der Waals surface area contributed by atoms with Gasteiger partial charge in [-0.3, -0.25) is 4.90 Å². The molecule has 0 saturated carbocycles. The van der Waals surface area contributed by atoms with Crippen molar-refractivity contribution in [2.75, 3.05) is 11.9 Å². The molecule has 0 spiro atoms. The third-order valence-corrected chi connectivity index (χ3v) is 3.19. The number of anilines is 1. The van der Waals surface area contributed by atoms with Crippen molar-refractivity contribution in [3.63, 3.8) is 0 Å². The zero-order chi connectivity index (χ0) is 18.4. The molecular formula is C14H15F3N6O2. The first-order chi connectivity index (χ1) is 11.8. The molecule has 1 amide bonds. The Labute approximate surface area is 140 Å². The lowest BCUT2D eigenvalue weighted by Gasteiger charge is -2.24. The van der Waals surface area contributed by atoms with Crippen molar-refractivity contribution < 1.29 is 23.1 Å². The molecule has 0 aromatic carbocycles. The summed E-state index contributed by atoms with van der Waals surface area (Å²) in [5.74, 6) is 0.267. The standard InChI is InChI=1S/C14H15F3N6O2/c1-9(12-18-5-2-6-19-12)23(13(24)25)7-10-3-4-11(22-21-10)20-8-14(15,16)17/h2-6,9H,7-8H2,1H3,(H,20,22)(H,24,25). The molecule has 0 saturated heterocycles. The van der Waals surface area contributed by atoms with Crippen molar-refractivity contribution in [1.29, 1.82) is 0 Å². The number of hydrogen-bond donors (Lipinski definition) is 2. The van der Waals surface area contributed by atoms with E-state index in [1.54, 1.807) is 13.0 Å². The number of nitrogens with one attached hydrogen (secondary N) is 1. The van der Waals surface area contributed by atoms with Gasteiger partial charge in [-0.15, -0.1) is 5.10 Å². The van der Waals surface area contributed by atoms with Crippen LogP contribution in [-0.4, -0.2) is 49.0 Å². The molecule has 2 aromatic rings. The van der Waals surface area contributed by atoms with Crippen LogP contribution in [0, 0.1) is 0 Å². The fourth-order valence-electron chi connectivity index (χ4n) is 1.94. The van der Waals surface area contributed by atoms with Gasteiger partial charge in [0.2, 0.25) is 0 Å². The van der Waals surface area contributed by atoms with Crippen LogP contribution in [0.1, 0.15) is 24.5 Å². The smallest absolute Gasteiger partial charge is 0.408 e. The first-order valence-electron chi connectivity index (χ1n) is 7.16. The summed E-state index contributed by atoms with van der Waals surface area (Å²) in [5, 5.41) is 18.8. The average Bonchev–Trinajstić information content (AvgIpc) is 2.58. The third kappa shape index (κ3) is 5.55. The SMILES string of the molecule is CC(c1ncccn1)N(Cc1ccc(NCC(F)(F)F)nn1)C(=O)O. The van der Waals surface area contributed by atoms with Crippen LogP contribution >= 0.6 is 0 Å². The Bertz CT molecular complexity index is 696. The van der Waals surface area contributed by atoms with Crippen LogP contribution in [0.3, 0.4) is 0 Å². The number of aromatic nitrogens is 4. The van der Waals surface area contributed by atoms with Gasteiger partial charge >= 0.3 is 12.3 Å². The van der Waals surface area contributed by atoms with Crippen LogP contribution in [0.25, 0.3) is 0 Å². The minimum absolute atomic E-state index is 0.0533. The number of hydrogen-bond acceptors (Lipinski definition) is 6. The van der Waals surface area contributed by atoms with E-state index in [1.165, 1.54) is 24.5 Å². The largest absolute Gasteiger partial charge is 0.465 e. The highest BCUT2D eigenvalue weighted by Gasteiger charge is 2.27. The second kappa shape index (κ2) is 7.73. The van der Waals surface area contributed by atoms with E-state index in [1.807, 2.05) is 0 Å². The van der Waals surface area contributed by atoms with E-state index in [9.17, 15) is 23.1 Å². The van der Waals surface area contributed by atoms with Gasteiger partial charge in [-0.05, 0) is 25.1 Å². The molecule has 8 nitrogen and oxygen atoms in total. The van der Waals surface area contributed by atoms with E-state index in [2.05, 4.69) is 25.5 Å². The lowest BCUT2D eigenvalue weighted by atomic mass is 10.2. The molecule has 2 N–H and O–H groups in total. The molecule has 0 radical (unpaired) electrons. The number of halogens is 3. The van der Waals surface area contributed by atoms with Crippen molar-refractivity contribution >= 4 is 11.9 Å². The Hall–Kier alpha value is -2.98. The molecule has 11 heteroatoms. The summed E-state index contributed by atoms with van der Waals surface area (Å²) in [6.45, 7) is 0.280. The number of carboxylic acid groups (broad SMARTS) is 1. The highest BCUT2D eigenvalue weighted by molar-refractivity contribution is 5.65. The first-order valence-corrected chi connectivity index (χ1v) is 7.16. The predicted octanol–water partition coefficient (Wildman–Crippen LogP) is 2.48. The van der Waals surface area contributed by atoms with E-state index >= 15 is 0 Å². The van der Waals surface area contributed by atoms with E-state index in [0.717, 1.165) is 4.90 Å². The molecule has 0 aliphatic heterocycles. The number of alkyl halides is 3. The van der Waals surface area contributed by atoms with Gasteiger partial charge in [0.05, 0.1) is 18.3 Å². The van der Waals surface area contributed by atoms with E-state index in [0.29, 0.717) is 5.82 Å². The molecule has 134 valence electrons. The maximum atomic E-state index is 12.1. The van der Waals surface area contributed by atoms with Gasteiger partial charge in [0, 0.05) is 12.4 Å². The van der Waals surface area contributed by atoms with Crippen LogP contribution in [0.2, 0.25) is 0 Å². The number of carbonyl (C=O) groups is 1. The maximum Gasteiger partial charge on any atom is 0.408 e. The molecule has 2 rings (SSSR count). The van der Waals surface area contributed by atoms with Crippen LogP contribution in [0.15, 0.2) is 30.6 Å². The van der Waals surface area contributed by atoms with Crippen LogP contribution < -0.4 is 5.32 Å². The summed E-state index contributed by atoms with van der Waals surface area (Å²) in [5.41, 5.74) is 0.280. The Morgan fingerprint density at radius 2 is 1.96 bits per heavy atom. The Kier molecular flexibility index (Phi) is 5.67. The van der Waals surface area contributed by atoms with E-state index < -0.39 is 24.9 Å². The van der Waals surface area contributed by atoms with E-state index in [4.69, 9.17) is 0 Å². The maximum absolute atomic E-state index is 12.1. The van der Waals surface area contributed by atoms with Gasteiger partial charge in [0.25, 0.3) is 0 Å². The fraction of sp³-hybridized carbons (Fsp3) is 0.357. The zero-order valence-corrected chi connectivity index (χ0v) is 13.1. The zero-order valence-electron chi connectivity index (χ0n) is 13.1. The Balaban J connectivity index is 2.06. The summed E-state index contributed by atoms with van der Waals surface area (Å²) in [7, 11) is 0. The highest BCUT2D eigenvalue weighted by atomic mass is 19.4. The molecule has 0 aliphatic carbocycles. The molecule has 0 bridgehead atoms. The summed E-state index contributed by atoms with van der Waals surface area (Å²) in [4.78, 5) is 20.6. The van der Waals surface area contributed by atoms with Crippen LogP contribution in [-0.2, 0) is 6.54 Å². The molecule has 0 fully saturated rings. The molecule has 0 aliphatic rings. The van der Waals surface area contributed by atoms with Gasteiger partial charge in [-0.2, -0.15) is 18.3 Å². The normalized spacial score (nSPS) is 12.5. The summed E-state index contributed by atoms with van der Waals surface area (Å²) < 4.78 is 36.4. The van der Waals surface area contributed by atoms with Gasteiger partial charge in [0.1, 0.15) is 12.4 Å². The van der Waals surface area contributed by atoms with Gasteiger partial charge in [-0.1, -0.05) is 0 Å². The third-order valence-electron chi connectivity index (χ3n) is 3.19. The molecule has 2 heterocycles. The van der Waals surface area contributed by atoms with Crippen molar-refractivity contribution in [3.8, 4) is 0 Å². The number of nitrogens with zero attached hydrogens (tertiary/aromatic N) is 5. The van der Waals surface area contributed by atoms with Gasteiger partial charge in [0.15, 0.2) is 5.82 Å². The highest BCUT2D eigenvalue weighted by Crippen LogP contribution is 2.19.